The third-order valence-electron chi connectivity index (χ3n) is 4.20. The average Bonchev–Trinajstić information content (AvgIpc) is 2.49. The van der Waals surface area contributed by atoms with Gasteiger partial charge in [-0.15, -0.1) is 0 Å². The number of allylic oxidation sites excluding steroid dienone is 2. The lowest BCUT2D eigenvalue weighted by atomic mass is 9.69. The summed E-state index contributed by atoms with van der Waals surface area (Å²) >= 11 is 0. The predicted octanol–water partition coefficient (Wildman–Crippen LogP) is 3.88. The van der Waals surface area contributed by atoms with Crippen molar-refractivity contribution in [2.45, 2.75) is 24.7 Å². The van der Waals surface area contributed by atoms with Crippen molar-refractivity contribution >= 4 is 11.4 Å². The summed E-state index contributed by atoms with van der Waals surface area (Å²) in [6, 6.07) is 16.5. The van der Waals surface area contributed by atoms with Gasteiger partial charge in [-0.3, -0.25) is 0 Å². The quantitative estimate of drug-likeness (QED) is 0.639. The Bertz CT molecular complexity index is 563. The molecule has 3 rings (SSSR count). The van der Waals surface area contributed by atoms with Gasteiger partial charge in [0.2, 0.25) is 0 Å². The van der Waals surface area contributed by atoms with Crippen molar-refractivity contribution in [1.29, 1.82) is 0 Å². The Hall–Kier alpha value is -2.22. The number of nitrogen functional groups attached to an aromatic ring is 2. The lowest BCUT2D eigenvalue weighted by Gasteiger charge is -2.35. The highest BCUT2D eigenvalue weighted by atomic mass is 14.5. The molecule has 0 heterocycles. The SMILES string of the molecule is Nc1ccc(C2(c3ccc(N)cc3)C=CCCC2)cc1. The zero-order valence-electron chi connectivity index (χ0n) is 11.5. The Labute approximate surface area is 120 Å². The van der Waals surface area contributed by atoms with Crippen molar-refractivity contribution in [2.24, 2.45) is 0 Å². The third-order valence-corrected chi connectivity index (χ3v) is 4.20. The summed E-state index contributed by atoms with van der Waals surface area (Å²) in [5.41, 5.74) is 15.8. The number of anilines is 2. The van der Waals surface area contributed by atoms with Gasteiger partial charge in [-0.05, 0) is 54.7 Å². The predicted molar refractivity (Wildman–Crippen MR) is 85.5 cm³/mol. The van der Waals surface area contributed by atoms with Crippen LogP contribution >= 0.6 is 0 Å². The van der Waals surface area contributed by atoms with Crippen LogP contribution in [0.3, 0.4) is 0 Å². The molecule has 0 saturated carbocycles. The molecule has 1 aliphatic carbocycles. The lowest BCUT2D eigenvalue weighted by molar-refractivity contribution is 0.530. The van der Waals surface area contributed by atoms with E-state index >= 15 is 0 Å². The molecule has 0 aliphatic heterocycles. The van der Waals surface area contributed by atoms with Gasteiger partial charge < -0.3 is 11.5 Å². The first-order valence-corrected chi connectivity index (χ1v) is 7.10. The van der Waals surface area contributed by atoms with Gasteiger partial charge in [-0.25, -0.2) is 0 Å². The van der Waals surface area contributed by atoms with Crippen LogP contribution in [-0.2, 0) is 5.41 Å². The summed E-state index contributed by atoms with van der Waals surface area (Å²) in [5, 5.41) is 0. The molecule has 2 aromatic carbocycles. The van der Waals surface area contributed by atoms with Crippen LogP contribution in [0.15, 0.2) is 60.7 Å². The molecule has 2 heteroatoms. The van der Waals surface area contributed by atoms with E-state index in [2.05, 4.69) is 36.4 Å². The molecule has 0 atom stereocenters. The van der Waals surface area contributed by atoms with Gasteiger partial charge in [0.15, 0.2) is 0 Å². The van der Waals surface area contributed by atoms with E-state index in [4.69, 9.17) is 11.5 Å². The highest BCUT2D eigenvalue weighted by Gasteiger charge is 2.32. The summed E-state index contributed by atoms with van der Waals surface area (Å²) < 4.78 is 0. The first-order chi connectivity index (χ1) is 9.71. The van der Waals surface area contributed by atoms with E-state index in [1.54, 1.807) is 0 Å². The van der Waals surface area contributed by atoms with Crippen molar-refractivity contribution in [3.05, 3.63) is 71.8 Å². The zero-order valence-corrected chi connectivity index (χ0v) is 11.5. The van der Waals surface area contributed by atoms with Gasteiger partial charge in [0.1, 0.15) is 0 Å². The molecule has 0 unspecified atom stereocenters. The third kappa shape index (κ3) is 2.18. The average molecular weight is 264 g/mol. The highest BCUT2D eigenvalue weighted by Crippen LogP contribution is 2.41. The molecule has 0 saturated heterocycles. The number of hydrogen-bond acceptors (Lipinski definition) is 2. The molecule has 0 spiro atoms. The maximum atomic E-state index is 5.82. The van der Waals surface area contributed by atoms with Crippen molar-refractivity contribution in [2.75, 3.05) is 11.5 Å². The first kappa shape index (κ1) is 12.8. The minimum absolute atomic E-state index is 0.0420. The fourth-order valence-electron chi connectivity index (χ4n) is 3.08. The van der Waals surface area contributed by atoms with Crippen molar-refractivity contribution in [3.8, 4) is 0 Å². The van der Waals surface area contributed by atoms with E-state index in [1.807, 2.05) is 24.3 Å². The van der Waals surface area contributed by atoms with E-state index in [9.17, 15) is 0 Å². The maximum absolute atomic E-state index is 5.82. The molecule has 0 aromatic heterocycles. The fourth-order valence-corrected chi connectivity index (χ4v) is 3.08. The van der Waals surface area contributed by atoms with Crippen LogP contribution in [0, 0.1) is 0 Å². The van der Waals surface area contributed by atoms with E-state index in [1.165, 1.54) is 17.5 Å². The van der Waals surface area contributed by atoms with Crippen LogP contribution in [0.25, 0.3) is 0 Å². The Morgan fingerprint density at radius 1 is 0.750 bits per heavy atom. The molecule has 0 bridgehead atoms. The van der Waals surface area contributed by atoms with Gasteiger partial charge in [0.25, 0.3) is 0 Å². The van der Waals surface area contributed by atoms with Crippen molar-refractivity contribution in [3.63, 3.8) is 0 Å². The van der Waals surface area contributed by atoms with E-state index in [0.717, 1.165) is 24.2 Å². The molecule has 2 nitrogen and oxygen atoms in total. The molecule has 1 aliphatic rings. The number of hydrogen-bond donors (Lipinski definition) is 2. The summed E-state index contributed by atoms with van der Waals surface area (Å²) in [6.45, 7) is 0. The van der Waals surface area contributed by atoms with Crippen LogP contribution in [0.1, 0.15) is 30.4 Å². The van der Waals surface area contributed by atoms with Gasteiger partial charge in [0, 0.05) is 16.8 Å². The van der Waals surface area contributed by atoms with Crippen LogP contribution in [0.2, 0.25) is 0 Å². The lowest BCUT2D eigenvalue weighted by Crippen LogP contribution is -2.27. The van der Waals surface area contributed by atoms with Crippen LogP contribution in [0.5, 0.6) is 0 Å². The molecule has 102 valence electrons. The van der Waals surface area contributed by atoms with E-state index < -0.39 is 0 Å². The largest absolute Gasteiger partial charge is 0.399 e. The van der Waals surface area contributed by atoms with Crippen LogP contribution in [-0.4, -0.2) is 0 Å². The molecule has 0 radical (unpaired) electrons. The molecule has 20 heavy (non-hydrogen) atoms. The Balaban J connectivity index is 2.13. The number of rotatable bonds is 2. The molecule has 0 amide bonds. The minimum Gasteiger partial charge on any atom is -0.399 e. The molecular weight excluding hydrogens is 244 g/mol. The zero-order chi connectivity index (χ0) is 14.0. The van der Waals surface area contributed by atoms with E-state index in [0.29, 0.717) is 0 Å². The second-order valence-corrected chi connectivity index (χ2v) is 5.51. The van der Waals surface area contributed by atoms with Gasteiger partial charge in [0.05, 0.1) is 0 Å². The summed E-state index contributed by atoms with van der Waals surface area (Å²) in [4.78, 5) is 0. The van der Waals surface area contributed by atoms with Gasteiger partial charge in [-0.2, -0.15) is 0 Å². The molecule has 4 N–H and O–H groups in total. The topological polar surface area (TPSA) is 52.0 Å². The van der Waals surface area contributed by atoms with Crippen molar-refractivity contribution < 1.29 is 0 Å². The smallest absolute Gasteiger partial charge is 0.0382 e. The summed E-state index contributed by atoms with van der Waals surface area (Å²) in [5.74, 6) is 0. The highest BCUT2D eigenvalue weighted by molar-refractivity contribution is 5.51. The first-order valence-electron chi connectivity index (χ1n) is 7.10. The second-order valence-electron chi connectivity index (χ2n) is 5.51. The summed E-state index contributed by atoms with van der Waals surface area (Å²) in [6.07, 6.45) is 8.11. The molecule has 0 fully saturated rings. The summed E-state index contributed by atoms with van der Waals surface area (Å²) in [7, 11) is 0. The maximum Gasteiger partial charge on any atom is 0.0382 e. The Morgan fingerprint density at radius 2 is 1.25 bits per heavy atom. The molecular formula is C18H20N2. The minimum atomic E-state index is -0.0420. The van der Waals surface area contributed by atoms with Crippen LogP contribution < -0.4 is 11.5 Å². The second kappa shape index (κ2) is 5.04. The van der Waals surface area contributed by atoms with Gasteiger partial charge in [-0.1, -0.05) is 36.4 Å². The fraction of sp³-hybridized carbons (Fsp3) is 0.222. The van der Waals surface area contributed by atoms with Crippen LogP contribution in [0.4, 0.5) is 11.4 Å². The number of nitrogens with two attached hydrogens (primary N) is 2. The standard InChI is InChI=1S/C18H20N2/c19-16-8-4-14(5-9-16)18(12-2-1-3-13-18)15-6-10-17(20)11-7-15/h2,4-12H,1,3,13,19-20H2. The Morgan fingerprint density at radius 3 is 1.65 bits per heavy atom. The normalized spacial score (nSPS) is 17.0. The van der Waals surface area contributed by atoms with Crippen molar-refractivity contribution in [1.82, 2.24) is 0 Å². The monoisotopic (exact) mass is 264 g/mol. The van der Waals surface area contributed by atoms with E-state index in [-0.39, 0.29) is 5.41 Å². The Kier molecular flexibility index (Phi) is 3.23. The van der Waals surface area contributed by atoms with Gasteiger partial charge >= 0.3 is 0 Å². The number of benzene rings is 2. The molecule has 2 aromatic rings.